The molecule has 1 aromatic carbocycles. The Morgan fingerprint density at radius 3 is 2.50 bits per heavy atom. The number of benzene rings is 1. The monoisotopic (exact) mass is 418 g/mol. The quantitative estimate of drug-likeness (QED) is 0.683. The van der Waals surface area contributed by atoms with Crippen molar-refractivity contribution in [3.8, 4) is 0 Å². The molecule has 1 N–H and O–H groups in total. The second-order valence-corrected chi connectivity index (χ2v) is 8.17. The summed E-state index contributed by atoms with van der Waals surface area (Å²) >= 11 is 0. The number of carbonyl (C=O) groups is 3. The summed E-state index contributed by atoms with van der Waals surface area (Å²) in [4.78, 5) is 39.6. The standard InChI is InChI=1S/C22H30N2O6/c1-5-13-29-20(27)24-15-17(14-18(24)19(25)26)23(21(28)30-22(2,3)4)12-11-16-9-7-6-8-10-16/h5-10,17-18H,1,11-15H2,2-4H3,(H,25,26)/t17-,18+/m1/s1. The molecule has 0 bridgehead atoms. The molecule has 0 unspecified atom stereocenters. The zero-order chi connectivity index (χ0) is 22.3. The highest BCUT2D eigenvalue weighted by atomic mass is 16.6. The van der Waals surface area contributed by atoms with E-state index in [1.54, 1.807) is 20.8 Å². The largest absolute Gasteiger partial charge is 0.480 e. The van der Waals surface area contributed by atoms with E-state index in [4.69, 9.17) is 9.47 Å². The molecule has 1 aliphatic heterocycles. The fraction of sp³-hybridized carbons (Fsp3) is 0.500. The SMILES string of the molecule is C=CCOC(=O)N1C[C@H](N(CCc2ccccc2)C(=O)OC(C)(C)C)C[C@H]1C(=O)O. The number of hydrogen-bond acceptors (Lipinski definition) is 5. The third kappa shape index (κ3) is 6.50. The van der Waals surface area contributed by atoms with Crippen LogP contribution in [0.2, 0.25) is 0 Å². The summed E-state index contributed by atoms with van der Waals surface area (Å²) in [5.41, 5.74) is 0.344. The lowest BCUT2D eigenvalue weighted by molar-refractivity contribution is -0.141. The van der Waals surface area contributed by atoms with E-state index >= 15 is 0 Å². The van der Waals surface area contributed by atoms with Gasteiger partial charge in [-0.05, 0) is 32.8 Å². The summed E-state index contributed by atoms with van der Waals surface area (Å²) < 4.78 is 10.6. The molecular formula is C22H30N2O6. The maximum atomic E-state index is 12.9. The van der Waals surface area contributed by atoms with Crippen LogP contribution in [0.3, 0.4) is 0 Å². The van der Waals surface area contributed by atoms with Gasteiger partial charge in [0.2, 0.25) is 0 Å². The van der Waals surface area contributed by atoms with E-state index in [0.29, 0.717) is 13.0 Å². The second kappa shape index (κ2) is 10.1. The van der Waals surface area contributed by atoms with Gasteiger partial charge in [0, 0.05) is 19.5 Å². The van der Waals surface area contributed by atoms with Crippen LogP contribution in [0.5, 0.6) is 0 Å². The summed E-state index contributed by atoms with van der Waals surface area (Å²) in [6.45, 7) is 9.18. The molecule has 0 spiro atoms. The van der Waals surface area contributed by atoms with Gasteiger partial charge in [-0.2, -0.15) is 0 Å². The van der Waals surface area contributed by atoms with Crippen molar-refractivity contribution in [1.29, 1.82) is 0 Å². The molecule has 0 saturated carbocycles. The number of carboxylic acids is 1. The molecule has 0 aromatic heterocycles. The molecule has 2 amide bonds. The first kappa shape index (κ1) is 23.3. The minimum atomic E-state index is -1.14. The molecule has 2 atom stereocenters. The lowest BCUT2D eigenvalue weighted by Gasteiger charge is -2.31. The van der Waals surface area contributed by atoms with Crippen molar-refractivity contribution >= 4 is 18.2 Å². The van der Waals surface area contributed by atoms with Crippen molar-refractivity contribution in [3.05, 3.63) is 48.6 Å². The zero-order valence-electron chi connectivity index (χ0n) is 17.7. The van der Waals surface area contributed by atoms with Gasteiger partial charge in [-0.25, -0.2) is 14.4 Å². The van der Waals surface area contributed by atoms with Crippen molar-refractivity contribution in [1.82, 2.24) is 9.80 Å². The Hall–Kier alpha value is -3.03. The number of amides is 2. The molecule has 1 heterocycles. The van der Waals surface area contributed by atoms with E-state index in [0.717, 1.165) is 10.5 Å². The number of nitrogens with zero attached hydrogens (tertiary/aromatic N) is 2. The third-order valence-electron chi connectivity index (χ3n) is 4.68. The van der Waals surface area contributed by atoms with Crippen molar-refractivity contribution in [2.75, 3.05) is 19.7 Å². The van der Waals surface area contributed by atoms with E-state index in [1.165, 1.54) is 11.0 Å². The van der Waals surface area contributed by atoms with Crippen LogP contribution >= 0.6 is 0 Å². The lowest BCUT2D eigenvalue weighted by Crippen LogP contribution is -2.46. The number of hydrogen-bond donors (Lipinski definition) is 1. The highest BCUT2D eigenvalue weighted by Crippen LogP contribution is 2.25. The first-order valence-electron chi connectivity index (χ1n) is 9.93. The molecule has 1 aromatic rings. The minimum absolute atomic E-state index is 0.0177. The average Bonchev–Trinajstić information content (AvgIpc) is 3.11. The lowest BCUT2D eigenvalue weighted by atomic mass is 10.1. The number of carboxylic acid groups (broad SMARTS) is 1. The average molecular weight is 418 g/mol. The molecule has 8 heteroatoms. The van der Waals surface area contributed by atoms with E-state index in [-0.39, 0.29) is 19.6 Å². The Balaban J connectivity index is 2.20. The molecule has 1 saturated heterocycles. The topological polar surface area (TPSA) is 96.4 Å². The normalized spacial score (nSPS) is 18.6. The van der Waals surface area contributed by atoms with Gasteiger partial charge in [-0.3, -0.25) is 4.90 Å². The Morgan fingerprint density at radius 2 is 1.93 bits per heavy atom. The fourth-order valence-electron chi connectivity index (χ4n) is 3.33. The van der Waals surface area contributed by atoms with Crippen molar-refractivity contribution in [2.24, 2.45) is 0 Å². The van der Waals surface area contributed by atoms with Crippen molar-refractivity contribution in [2.45, 2.75) is 51.3 Å². The van der Waals surface area contributed by atoms with Crippen LogP contribution in [0.25, 0.3) is 0 Å². The van der Waals surface area contributed by atoms with Gasteiger partial charge in [-0.15, -0.1) is 0 Å². The highest BCUT2D eigenvalue weighted by molar-refractivity contribution is 5.81. The van der Waals surface area contributed by atoms with E-state index < -0.39 is 35.8 Å². The summed E-state index contributed by atoms with van der Waals surface area (Å²) in [5.74, 6) is -1.14. The van der Waals surface area contributed by atoms with Crippen LogP contribution in [0.4, 0.5) is 9.59 Å². The number of likely N-dealkylation sites (tertiary alicyclic amines) is 1. The molecule has 30 heavy (non-hydrogen) atoms. The minimum Gasteiger partial charge on any atom is -0.480 e. The Morgan fingerprint density at radius 1 is 1.27 bits per heavy atom. The van der Waals surface area contributed by atoms with Crippen molar-refractivity contribution < 1.29 is 29.0 Å². The molecule has 0 radical (unpaired) electrons. The van der Waals surface area contributed by atoms with Crippen LogP contribution in [0.15, 0.2) is 43.0 Å². The van der Waals surface area contributed by atoms with Crippen molar-refractivity contribution in [3.63, 3.8) is 0 Å². The molecule has 164 valence electrons. The van der Waals surface area contributed by atoms with Gasteiger partial charge in [0.05, 0.1) is 6.04 Å². The molecule has 2 rings (SSSR count). The van der Waals surface area contributed by atoms with E-state index in [9.17, 15) is 19.5 Å². The first-order valence-corrected chi connectivity index (χ1v) is 9.93. The van der Waals surface area contributed by atoms with Crippen LogP contribution in [-0.2, 0) is 20.7 Å². The number of rotatable bonds is 7. The highest BCUT2D eigenvalue weighted by Gasteiger charge is 2.44. The summed E-state index contributed by atoms with van der Waals surface area (Å²) in [6, 6.07) is 8.09. The smallest absolute Gasteiger partial charge is 0.410 e. The van der Waals surface area contributed by atoms with Crippen LogP contribution in [0.1, 0.15) is 32.8 Å². The maximum Gasteiger partial charge on any atom is 0.410 e. The number of carbonyl (C=O) groups excluding carboxylic acids is 2. The molecule has 1 fully saturated rings. The van der Waals surface area contributed by atoms with Gasteiger partial charge in [0.15, 0.2) is 0 Å². The summed E-state index contributed by atoms with van der Waals surface area (Å²) in [6.07, 6.45) is 0.821. The predicted molar refractivity (Wildman–Crippen MR) is 111 cm³/mol. The molecule has 8 nitrogen and oxygen atoms in total. The van der Waals surface area contributed by atoms with Crippen LogP contribution in [-0.4, -0.2) is 70.4 Å². The molecular weight excluding hydrogens is 388 g/mol. The van der Waals surface area contributed by atoms with E-state index in [1.807, 2.05) is 30.3 Å². The third-order valence-corrected chi connectivity index (χ3v) is 4.68. The first-order chi connectivity index (χ1) is 14.1. The van der Waals surface area contributed by atoms with Gasteiger partial charge in [0.1, 0.15) is 18.2 Å². The summed E-state index contributed by atoms with van der Waals surface area (Å²) in [7, 11) is 0. The maximum absolute atomic E-state index is 12.9. The molecule has 1 aliphatic rings. The summed E-state index contributed by atoms with van der Waals surface area (Å²) in [5, 5.41) is 9.59. The van der Waals surface area contributed by atoms with Crippen LogP contribution < -0.4 is 0 Å². The van der Waals surface area contributed by atoms with Crippen LogP contribution in [0, 0.1) is 0 Å². The molecule has 0 aliphatic carbocycles. The number of aliphatic carboxylic acids is 1. The van der Waals surface area contributed by atoms with Gasteiger partial charge >= 0.3 is 18.2 Å². The Kier molecular flexibility index (Phi) is 7.86. The second-order valence-electron chi connectivity index (χ2n) is 8.17. The van der Waals surface area contributed by atoms with Gasteiger partial charge in [-0.1, -0.05) is 43.0 Å². The zero-order valence-corrected chi connectivity index (χ0v) is 17.7. The predicted octanol–water partition coefficient (Wildman–Crippen LogP) is 3.32. The Labute approximate surface area is 177 Å². The van der Waals surface area contributed by atoms with Gasteiger partial charge < -0.3 is 19.5 Å². The number of ether oxygens (including phenoxy) is 2. The fourth-order valence-corrected chi connectivity index (χ4v) is 3.33. The van der Waals surface area contributed by atoms with Gasteiger partial charge in [0.25, 0.3) is 0 Å². The van der Waals surface area contributed by atoms with E-state index in [2.05, 4.69) is 6.58 Å². The Bertz CT molecular complexity index is 759.